The predicted molar refractivity (Wildman–Crippen MR) is 150 cm³/mol. The number of aryl methyl sites for hydroxylation is 3. The van der Waals surface area contributed by atoms with Crippen molar-refractivity contribution < 1.29 is 14.3 Å². The van der Waals surface area contributed by atoms with Gasteiger partial charge in [0, 0.05) is 19.5 Å². The number of hydrogen-bond acceptors (Lipinski definition) is 3. The van der Waals surface area contributed by atoms with E-state index in [0.29, 0.717) is 31.2 Å². The number of amides is 2. The number of carbonyl (C=O) groups is 2. The zero-order chi connectivity index (χ0) is 26.9. The van der Waals surface area contributed by atoms with Crippen LogP contribution in [0.1, 0.15) is 47.2 Å². The highest BCUT2D eigenvalue weighted by Crippen LogP contribution is 2.24. The van der Waals surface area contributed by atoms with Gasteiger partial charge in [-0.1, -0.05) is 74.5 Å². The van der Waals surface area contributed by atoms with Crippen LogP contribution >= 0.6 is 0 Å². The molecule has 0 saturated carbocycles. The van der Waals surface area contributed by atoms with Crippen LogP contribution < -0.4 is 10.1 Å². The van der Waals surface area contributed by atoms with E-state index in [1.54, 1.807) is 4.90 Å². The molecule has 0 bridgehead atoms. The van der Waals surface area contributed by atoms with Gasteiger partial charge in [-0.3, -0.25) is 9.59 Å². The molecule has 0 aromatic heterocycles. The first-order valence-corrected chi connectivity index (χ1v) is 13.0. The smallest absolute Gasteiger partial charge is 0.261 e. The van der Waals surface area contributed by atoms with Crippen molar-refractivity contribution in [3.05, 3.63) is 100 Å². The third-order valence-electron chi connectivity index (χ3n) is 6.67. The van der Waals surface area contributed by atoms with Gasteiger partial charge in [0.25, 0.3) is 5.91 Å². The molecule has 37 heavy (non-hydrogen) atoms. The average Bonchev–Trinajstić information content (AvgIpc) is 2.87. The average molecular weight is 501 g/mol. The molecule has 0 aliphatic rings. The Morgan fingerprint density at radius 3 is 2.24 bits per heavy atom. The van der Waals surface area contributed by atoms with E-state index in [0.717, 1.165) is 33.4 Å². The number of rotatable bonds is 11. The Morgan fingerprint density at radius 1 is 0.892 bits per heavy atom. The minimum absolute atomic E-state index is 0.141. The topological polar surface area (TPSA) is 58.6 Å². The van der Waals surface area contributed by atoms with Gasteiger partial charge in [-0.25, -0.2) is 0 Å². The molecule has 5 heteroatoms. The molecule has 0 aliphatic heterocycles. The first kappa shape index (κ1) is 28.0. The molecule has 0 fully saturated rings. The first-order valence-electron chi connectivity index (χ1n) is 13.0. The summed E-state index contributed by atoms with van der Waals surface area (Å²) < 4.78 is 6.06. The molecular weight excluding hydrogens is 460 g/mol. The number of ether oxygens (including phenoxy) is 1. The number of nitrogens with one attached hydrogen (secondary N) is 1. The van der Waals surface area contributed by atoms with E-state index in [1.165, 1.54) is 0 Å². The lowest BCUT2D eigenvalue weighted by molar-refractivity contribution is -0.142. The second kappa shape index (κ2) is 13.1. The number of benzene rings is 3. The van der Waals surface area contributed by atoms with E-state index < -0.39 is 6.04 Å². The molecule has 0 aliphatic carbocycles. The van der Waals surface area contributed by atoms with E-state index >= 15 is 0 Å². The normalized spacial score (nSPS) is 11.8. The molecule has 5 nitrogen and oxygen atoms in total. The van der Waals surface area contributed by atoms with Crippen molar-refractivity contribution in [2.45, 2.75) is 60.5 Å². The van der Waals surface area contributed by atoms with Crippen LogP contribution in [0.15, 0.2) is 66.7 Å². The van der Waals surface area contributed by atoms with Crippen LogP contribution in [0.5, 0.6) is 5.75 Å². The van der Waals surface area contributed by atoms with Crippen LogP contribution in [0.25, 0.3) is 0 Å². The standard InChI is InChI=1S/C32H40N2O3/c1-22(2)19-33-32(36)29(18-27-13-8-7-9-14-27)34(20-28-15-11-10-12-24(28)4)31(35)21-37-30-17-23(3)16-25(5)26(30)6/h7-17,22,29H,18-21H2,1-6H3,(H,33,36)/t29-/m1/s1. The predicted octanol–water partition coefficient (Wildman–Crippen LogP) is 5.71. The third kappa shape index (κ3) is 7.94. The maximum atomic E-state index is 13.8. The summed E-state index contributed by atoms with van der Waals surface area (Å²) in [6, 6.07) is 21.2. The highest BCUT2D eigenvalue weighted by Gasteiger charge is 2.31. The van der Waals surface area contributed by atoms with Crippen molar-refractivity contribution in [2.75, 3.05) is 13.2 Å². The van der Waals surface area contributed by atoms with Gasteiger partial charge in [0.15, 0.2) is 6.61 Å². The Bertz CT molecular complexity index is 1200. The van der Waals surface area contributed by atoms with Crippen LogP contribution in [0.2, 0.25) is 0 Å². The SMILES string of the molecule is Cc1cc(C)c(C)c(OCC(=O)N(Cc2ccccc2C)[C@H](Cc2ccccc2)C(=O)NCC(C)C)c1. The van der Waals surface area contributed by atoms with Gasteiger partial charge in [0.1, 0.15) is 11.8 Å². The van der Waals surface area contributed by atoms with Gasteiger partial charge in [-0.05, 0) is 73.1 Å². The summed E-state index contributed by atoms with van der Waals surface area (Å²) in [5, 5.41) is 3.06. The van der Waals surface area contributed by atoms with Crippen LogP contribution in [0.3, 0.4) is 0 Å². The molecule has 1 N–H and O–H groups in total. The second-order valence-corrected chi connectivity index (χ2v) is 10.3. The van der Waals surface area contributed by atoms with Gasteiger partial charge >= 0.3 is 0 Å². The maximum Gasteiger partial charge on any atom is 0.261 e. The number of nitrogens with zero attached hydrogens (tertiary/aromatic N) is 1. The molecule has 3 aromatic carbocycles. The summed E-state index contributed by atoms with van der Waals surface area (Å²) in [5.74, 6) is 0.632. The van der Waals surface area contributed by atoms with Crippen LogP contribution in [-0.4, -0.2) is 35.9 Å². The molecule has 0 unspecified atom stereocenters. The maximum absolute atomic E-state index is 13.8. The van der Waals surface area contributed by atoms with E-state index in [9.17, 15) is 9.59 Å². The fourth-order valence-electron chi connectivity index (χ4n) is 4.32. The van der Waals surface area contributed by atoms with Crippen molar-refractivity contribution >= 4 is 11.8 Å². The van der Waals surface area contributed by atoms with E-state index in [4.69, 9.17) is 4.74 Å². The Hall–Kier alpha value is -3.60. The van der Waals surface area contributed by atoms with Gasteiger partial charge < -0.3 is 15.0 Å². The molecule has 0 radical (unpaired) electrons. The number of carbonyl (C=O) groups excluding carboxylic acids is 2. The Labute approximate surface area is 221 Å². The molecule has 0 heterocycles. The zero-order valence-electron chi connectivity index (χ0n) is 23.0. The molecular formula is C32H40N2O3. The Kier molecular flexibility index (Phi) is 9.90. The molecule has 3 rings (SSSR count). The molecule has 196 valence electrons. The lowest BCUT2D eigenvalue weighted by Crippen LogP contribution is -2.52. The van der Waals surface area contributed by atoms with Gasteiger partial charge in [-0.15, -0.1) is 0 Å². The molecule has 1 atom stereocenters. The summed E-state index contributed by atoms with van der Waals surface area (Å²) in [7, 11) is 0. The van der Waals surface area contributed by atoms with Gasteiger partial charge in [0.05, 0.1) is 0 Å². The Balaban J connectivity index is 1.94. The molecule has 3 aromatic rings. The minimum Gasteiger partial charge on any atom is -0.483 e. The Morgan fingerprint density at radius 2 is 1.57 bits per heavy atom. The summed E-state index contributed by atoms with van der Waals surface area (Å²) in [6.45, 7) is 12.9. The van der Waals surface area contributed by atoms with E-state index in [1.807, 2.05) is 88.4 Å². The third-order valence-corrected chi connectivity index (χ3v) is 6.67. The summed E-state index contributed by atoms with van der Waals surface area (Å²) in [5.41, 5.74) is 6.30. The minimum atomic E-state index is -0.669. The van der Waals surface area contributed by atoms with Crippen molar-refractivity contribution in [1.29, 1.82) is 0 Å². The van der Waals surface area contributed by atoms with Crippen LogP contribution in [-0.2, 0) is 22.6 Å². The summed E-state index contributed by atoms with van der Waals surface area (Å²) in [6.07, 6.45) is 0.422. The fraction of sp³-hybridized carbons (Fsp3) is 0.375. The quantitative estimate of drug-likeness (QED) is 0.367. The van der Waals surface area contributed by atoms with E-state index in [2.05, 4.69) is 25.2 Å². The zero-order valence-corrected chi connectivity index (χ0v) is 23.0. The van der Waals surface area contributed by atoms with Crippen LogP contribution in [0, 0.1) is 33.6 Å². The highest BCUT2D eigenvalue weighted by molar-refractivity contribution is 5.88. The number of hydrogen-bond donors (Lipinski definition) is 1. The van der Waals surface area contributed by atoms with Gasteiger partial charge in [0.2, 0.25) is 5.91 Å². The van der Waals surface area contributed by atoms with Gasteiger partial charge in [-0.2, -0.15) is 0 Å². The van der Waals surface area contributed by atoms with Crippen molar-refractivity contribution in [3.8, 4) is 5.75 Å². The summed E-state index contributed by atoms with van der Waals surface area (Å²) >= 11 is 0. The first-order chi connectivity index (χ1) is 17.7. The lowest BCUT2D eigenvalue weighted by Gasteiger charge is -2.32. The molecule has 0 spiro atoms. The van der Waals surface area contributed by atoms with Crippen molar-refractivity contribution in [1.82, 2.24) is 10.2 Å². The monoisotopic (exact) mass is 500 g/mol. The molecule has 2 amide bonds. The summed E-state index contributed by atoms with van der Waals surface area (Å²) in [4.78, 5) is 29.0. The highest BCUT2D eigenvalue weighted by atomic mass is 16.5. The van der Waals surface area contributed by atoms with Crippen molar-refractivity contribution in [2.24, 2.45) is 5.92 Å². The lowest BCUT2D eigenvalue weighted by atomic mass is 10.0. The second-order valence-electron chi connectivity index (χ2n) is 10.3. The van der Waals surface area contributed by atoms with E-state index in [-0.39, 0.29) is 18.4 Å². The molecule has 0 saturated heterocycles. The fourth-order valence-corrected chi connectivity index (χ4v) is 4.32. The van der Waals surface area contributed by atoms with Crippen LogP contribution in [0.4, 0.5) is 0 Å². The van der Waals surface area contributed by atoms with Crippen molar-refractivity contribution in [3.63, 3.8) is 0 Å². The largest absolute Gasteiger partial charge is 0.483 e.